The quantitative estimate of drug-likeness (QED) is 0.775. The first kappa shape index (κ1) is 21.3. The maximum atomic E-state index is 12.1. The van der Waals surface area contributed by atoms with Crippen LogP contribution in [-0.2, 0) is 30.8 Å². The lowest BCUT2D eigenvalue weighted by Crippen LogP contribution is -2.30. The van der Waals surface area contributed by atoms with E-state index in [1.807, 2.05) is 13.8 Å². The van der Waals surface area contributed by atoms with Gasteiger partial charge in [0.25, 0.3) is 0 Å². The summed E-state index contributed by atoms with van der Waals surface area (Å²) in [7, 11) is 1.72. The summed E-state index contributed by atoms with van der Waals surface area (Å²) in [4.78, 5) is 14.5. The van der Waals surface area contributed by atoms with Crippen LogP contribution in [0.5, 0.6) is 5.75 Å². The number of amides is 1. The van der Waals surface area contributed by atoms with E-state index in [-0.39, 0.29) is 11.8 Å². The van der Waals surface area contributed by atoms with E-state index in [9.17, 15) is 4.79 Å². The Morgan fingerprint density at radius 2 is 2.00 bits per heavy atom. The van der Waals surface area contributed by atoms with Gasteiger partial charge in [0, 0.05) is 38.5 Å². The highest BCUT2D eigenvalue weighted by atomic mass is 16.5. The minimum Gasteiger partial charge on any atom is -0.496 e. The van der Waals surface area contributed by atoms with Gasteiger partial charge >= 0.3 is 0 Å². The van der Waals surface area contributed by atoms with Crippen molar-refractivity contribution in [3.8, 4) is 5.75 Å². The van der Waals surface area contributed by atoms with Crippen molar-refractivity contribution < 1.29 is 9.53 Å². The number of carbonyl (C=O) groups excluding carboxylic acids is 1. The smallest absolute Gasteiger partial charge is 0.223 e. The lowest BCUT2D eigenvalue weighted by atomic mass is 10.0. The number of methoxy groups -OCH3 is 1. The summed E-state index contributed by atoms with van der Waals surface area (Å²) >= 11 is 0. The van der Waals surface area contributed by atoms with Gasteiger partial charge in [0.05, 0.1) is 13.7 Å². The molecule has 1 atom stereocenters. The van der Waals surface area contributed by atoms with E-state index in [0.717, 1.165) is 56.4 Å². The number of hydrogen-bond donors (Lipinski definition) is 1. The SMILES string of the molecule is CC[C@@H](C)C(=O)NCc1nnc2n1CCN(Cc1cc(C)c(OC)cc1C)CC2. The number of carbonyl (C=O) groups is 1. The monoisotopic (exact) mass is 399 g/mol. The Bertz CT molecular complexity index is 861. The molecule has 1 aliphatic rings. The van der Waals surface area contributed by atoms with Gasteiger partial charge in [-0.25, -0.2) is 0 Å². The first-order chi connectivity index (χ1) is 13.9. The second-order valence-electron chi connectivity index (χ2n) is 7.99. The Morgan fingerprint density at radius 3 is 2.72 bits per heavy atom. The maximum Gasteiger partial charge on any atom is 0.223 e. The van der Waals surface area contributed by atoms with Crippen molar-refractivity contribution in [2.24, 2.45) is 5.92 Å². The Morgan fingerprint density at radius 1 is 1.21 bits per heavy atom. The molecule has 2 heterocycles. The second kappa shape index (κ2) is 9.39. The van der Waals surface area contributed by atoms with Crippen LogP contribution in [0.3, 0.4) is 0 Å². The number of fused-ring (bicyclic) bond motifs is 1. The van der Waals surface area contributed by atoms with Crippen LogP contribution < -0.4 is 10.1 Å². The van der Waals surface area contributed by atoms with Crippen molar-refractivity contribution >= 4 is 5.91 Å². The minimum atomic E-state index is 0.0215. The molecule has 0 unspecified atom stereocenters. The Hall–Kier alpha value is -2.41. The zero-order valence-corrected chi connectivity index (χ0v) is 18.3. The number of aryl methyl sites for hydroxylation is 2. The van der Waals surface area contributed by atoms with Crippen LogP contribution in [0.25, 0.3) is 0 Å². The average Bonchev–Trinajstić information content (AvgIpc) is 3.00. The molecule has 1 aromatic carbocycles. The van der Waals surface area contributed by atoms with E-state index in [1.54, 1.807) is 7.11 Å². The van der Waals surface area contributed by atoms with Crippen LogP contribution in [-0.4, -0.2) is 45.8 Å². The van der Waals surface area contributed by atoms with Gasteiger partial charge in [-0.2, -0.15) is 0 Å². The molecule has 0 saturated heterocycles. The van der Waals surface area contributed by atoms with Crippen LogP contribution in [0.2, 0.25) is 0 Å². The number of nitrogens with zero attached hydrogens (tertiary/aromatic N) is 4. The van der Waals surface area contributed by atoms with Crippen molar-refractivity contribution in [1.29, 1.82) is 0 Å². The summed E-state index contributed by atoms with van der Waals surface area (Å²) in [5.41, 5.74) is 3.76. The Kier molecular flexibility index (Phi) is 6.90. The first-order valence-electron chi connectivity index (χ1n) is 10.5. The van der Waals surface area contributed by atoms with Crippen LogP contribution in [0, 0.1) is 19.8 Å². The largest absolute Gasteiger partial charge is 0.496 e. The van der Waals surface area contributed by atoms with E-state index in [4.69, 9.17) is 4.74 Å². The van der Waals surface area contributed by atoms with E-state index in [2.05, 4.69) is 51.0 Å². The third kappa shape index (κ3) is 4.96. The standard InChI is InChI=1S/C22H33N5O2/c1-6-15(2)22(28)23-13-21-25-24-20-7-8-26(9-10-27(20)21)14-18-11-17(4)19(29-5)12-16(18)3/h11-12,15H,6-10,13-14H2,1-5H3,(H,23,28)/t15-/m1/s1. The predicted octanol–water partition coefficient (Wildman–Crippen LogP) is 2.62. The molecular weight excluding hydrogens is 366 g/mol. The minimum absolute atomic E-state index is 0.0215. The normalized spacial score (nSPS) is 15.5. The molecule has 2 aromatic rings. The molecule has 158 valence electrons. The molecule has 0 radical (unpaired) electrons. The summed E-state index contributed by atoms with van der Waals surface area (Å²) < 4.78 is 7.61. The van der Waals surface area contributed by atoms with Crippen molar-refractivity contribution in [2.45, 2.75) is 60.2 Å². The van der Waals surface area contributed by atoms with Crippen molar-refractivity contribution in [2.75, 3.05) is 20.2 Å². The van der Waals surface area contributed by atoms with Gasteiger partial charge < -0.3 is 14.6 Å². The topological polar surface area (TPSA) is 72.3 Å². The molecule has 1 amide bonds. The molecule has 3 rings (SSSR count). The number of hydrogen-bond acceptors (Lipinski definition) is 5. The maximum absolute atomic E-state index is 12.1. The summed E-state index contributed by atoms with van der Waals surface area (Å²) in [6, 6.07) is 4.35. The van der Waals surface area contributed by atoms with E-state index >= 15 is 0 Å². The van der Waals surface area contributed by atoms with Gasteiger partial charge in [0.2, 0.25) is 5.91 Å². The molecule has 1 aromatic heterocycles. The fourth-order valence-corrected chi connectivity index (χ4v) is 3.72. The third-order valence-corrected chi connectivity index (χ3v) is 5.92. The lowest BCUT2D eigenvalue weighted by molar-refractivity contribution is -0.124. The van der Waals surface area contributed by atoms with Gasteiger partial charge in [0.15, 0.2) is 5.82 Å². The van der Waals surface area contributed by atoms with Crippen molar-refractivity contribution in [3.63, 3.8) is 0 Å². The van der Waals surface area contributed by atoms with E-state index < -0.39 is 0 Å². The van der Waals surface area contributed by atoms with Crippen molar-refractivity contribution in [1.82, 2.24) is 25.0 Å². The fraction of sp³-hybridized carbons (Fsp3) is 0.591. The number of ether oxygens (including phenoxy) is 1. The molecule has 0 aliphatic carbocycles. The number of benzene rings is 1. The molecule has 1 N–H and O–H groups in total. The first-order valence-corrected chi connectivity index (χ1v) is 10.5. The third-order valence-electron chi connectivity index (χ3n) is 5.92. The molecule has 1 aliphatic heterocycles. The van der Waals surface area contributed by atoms with Crippen LogP contribution in [0.4, 0.5) is 0 Å². The highest BCUT2D eigenvalue weighted by Crippen LogP contribution is 2.24. The van der Waals surface area contributed by atoms with Gasteiger partial charge in [-0.05, 0) is 43.0 Å². The fourth-order valence-electron chi connectivity index (χ4n) is 3.72. The Balaban J connectivity index is 1.63. The molecule has 0 saturated carbocycles. The Labute approximate surface area is 173 Å². The van der Waals surface area contributed by atoms with Gasteiger partial charge in [-0.15, -0.1) is 10.2 Å². The van der Waals surface area contributed by atoms with Gasteiger partial charge in [-0.3, -0.25) is 9.69 Å². The van der Waals surface area contributed by atoms with E-state index in [1.165, 1.54) is 16.7 Å². The molecule has 29 heavy (non-hydrogen) atoms. The number of aromatic nitrogens is 3. The molecule has 7 heteroatoms. The highest BCUT2D eigenvalue weighted by molar-refractivity contribution is 5.78. The molecule has 0 bridgehead atoms. The van der Waals surface area contributed by atoms with Crippen LogP contribution in [0.15, 0.2) is 12.1 Å². The summed E-state index contributed by atoms with van der Waals surface area (Å²) in [5, 5.41) is 11.7. The molecule has 7 nitrogen and oxygen atoms in total. The van der Waals surface area contributed by atoms with Gasteiger partial charge in [0.1, 0.15) is 11.6 Å². The lowest BCUT2D eigenvalue weighted by Gasteiger charge is -2.22. The van der Waals surface area contributed by atoms with E-state index in [0.29, 0.717) is 6.54 Å². The second-order valence-corrected chi connectivity index (χ2v) is 7.99. The van der Waals surface area contributed by atoms with Crippen LogP contribution >= 0.6 is 0 Å². The highest BCUT2D eigenvalue weighted by Gasteiger charge is 2.20. The average molecular weight is 400 g/mol. The zero-order valence-electron chi connectivity index (χ0n) is 18.3. The predicted molar refractivity (Wildman–Crippen MR) is 113 cm³/mol. The molecule has 0 spiro atoms. The summed E-state index contributed by atoms with van der Waals surface area (Å²) in [6.45, 7) is 12.3. The number of nitrogens with one attached hydrogen (secondary N) is 1. The van der Waals surface area contributed by atoms with Crippen LogP contribution in [0.1, 0.15) is 48.6 Å². The zero-order chi connectivity index (χ0) is 21.0. The summed E-state index contributed by atoms with van der Waals surface area (Å²) in [5.74, 6) is 2.88. The van der Waals surface area contributed by atoms with Crippen molar-refractivity contribution in [3.05, 3.63) is 40.5 Å². The molecule has 0 fully saturated rings. The number of rotatable bonds is 7. The molecular formula is C22H33N5O2. The summed E-state index contributed by atoms with van der Waals surface area (Å²) in [6.07, 6.45) is 1.70. The van der Waals surface area contributed by atoms with Gasteiger partial charge in [-0.1, -0.05) is 19.9 Å².